The van der Waals surface area contributed by atoms with Gasteiger partial charge < -0.3 is 10.1 Å². The van der Waals surface area contributed by atoms with Crippen LogP contribution >= 0.6 is 0 Å². The van der Waals surface area contributed by atoms with Gasteiger partial charge >= 0.3 is 0 Å². The Kier molecular flexibility index (Phi) is 4.31. The fourth-order valence-corrected chi connectivity index (χ4v) is 2.97. The lowest BCUT2D eigenvalue weighted by molar-refractivity contribution is -0.120. The maximum Gasteiger partial charge on any atom is 0.298 e. The fraction of sp³-hybridized carbons (Fsp3) is 0.278. The Hall–Kier alpha value is -2.13. The van der Waals surface area contributed by atoms with Crippen LogP contribution < -0.4 is 10.1 Å². The van der Waals surface area contributed by atoms with Crippen molar-refractivity contribution in [3.8, 4) is 5.75 Å². The summed E-state index contributed by atoms with van der Waals surface area (Å²) >= 11 is 0. The minimum atomic E-state index is 0.476. The largest absolute Gasteiger partial charge is 0.428 e. The van der Waals surface area contributed by atoms with Gasteiger partial charge in [-0.15, -0.1) is 0 Å². The summed E-state index contributed by atoms with van der Waals surface area (Å²) in [6.45, 7) is 1.40. The second kappa shape index (κ2) is 6.55. The lowest BCUT2D eigenvalue weighted by Gasteiger charge is -2.26. The van der Waals surface area contributed by atoms with Crippen molar-refractivity contribution in [2.75, 3.05) is 0 Å². The first-order valence-electron chi connectivity index (χ1n) is 7.35. The Morgan fingerprint density at radius 3 is 2.81 bits per heavy atom. The van der Waals surface area contributed by atoms with Crippen LogP contribution in [0.15, 0.2) is 48.5 Å². The quantitative estimate of drug-likeness (QED) is 0.856. The van der Waals surface area contributed by atoms with Crippen molar-refractivity contribution in [2.45, 2.75) is 31.8 Å². The molecule has 1 N–H and O–H groups in total. The summed E-state index contributed by atoms with van der Waals surface area (Å²) in [5.41, 5.74) is 3.77. The van der Waals surface area contributed by atoms with Gasteiger partial charge in [0.1, 0.15) is 5.75 Å². The monoisotopic (exact) mass is 281 g/mol. The molecule has 3 heteroatoms. The lowest BCUT2D eigenvalue weighted by atomic mass is 9.87. The summed E-state index contributed by atoms with van der Waals surface area (Å²) in [6, 6.07) is 16.9. The van der Waals surface area contributed by atoms with Crippen LogP contribution in [0.1, 0.15) is 23.1 Å². The van der Waals surface area contributed by atoms with E-state index in [0.29, 0.717) is 18.3 Å². The van der Waals surface area contributed by atoms with Gasteiger partial charge in [-0.05, 0) is 42.0 Å². The van der Waals surface area contributed by atoms with Gasteiger partial charge in [-0.2, -0.15) is 0 Å². The van der Waals surface area contributed by atoms with Gasteiger partial charge in [0.15, 0.2) is 0 Å². The van der Waals surface area contributed by atoms with Crippen LogP contribution in [0.3, 0.4) is 0 Å². The molecular formula is C18H19NO2. The molecule has 0 saturated carbocycles. The Bertz CT molecular complexity index is 610. The third-order valence-electron chi connectivity index (χ3n) is 4.05. The molecule has 0 aliphatic heterocycles. The highest BCUT2D eigenvalue weighted by molar-refractivity contribution is 5.51. The molecular weight excluding hydrogens is 262 g/mol. The zero-order valence-electron chi connectivity index (χ0n) is 11.9. The number of hydrogen-bond donors (Lipinski definition) is 1. The number of carbonyl (C=O) groups excluding carboxylic acids is 1. The van der Waals surface area contributed by atoms with Crippen LogP contribution in [0.4, 0.5) is 0 Å². The topological polar surface area (TPSA) is 38.3 Å². The number of benzene rings is 2. The smallest absolute Gasteiger partial charge is 0.298 e. The van der Waals surface area contributed by atoms with Crippen LogP contribution in [0.5, 0.6) is 5.75 Å². The van der Waals surface area contributed by atoms with Gasteiger partial charge in [0.2, 0.25) is 0 Å². The minimum absolute atomic E-state index is 0.476. The van der Waals surface area contributed by atoms with E-state index in [0.717, 1.165) is 25.8 Å². The van der Waals surface area contributed by atoms with E-state index < -0.39 is 0 Å². The van der Waals surface area contributed by atoms with Crippen LogP contribution in [-0.2, 0) is 24.2 Å². The van der Waals surface area contributed by atoms with Gasteiger partial charge in [0, 0.05) is 12.6 Å². The molecule has 0 saturated heterocycles. The fourth-order valence-electron chi connectivity index (χ4n) is 2.97. The van der Waals surface area contributed by atoms with Crippen molar-refractivity contribution in [3.63, 3.8) is 0 Å². The predicted octanol–water partition coefficient (Wildman–Crippen LogP) is 2.87. The summed E-state index contributed by atoms with van der Waals surface area (Å²) in [5.74, 6) is 0.712. The predicted molar refractivity (Wildman–Crippen MR) is 82.2 cm³/mol. The zero-order valence-corrected chi connectivity index (χ0v) is 11.9. The van der Waals surface area contributed by atoms with Crippen molar-refractivity contribution >= 4 is 6.47 Å². The molecule has 0 radical (unpaired) electrons. The van der Waals surface area contributed by atoms with E-state index in [1.807, 2.05) is 18.2 Å². The molecule has 1 atom stereocenters. The maximum atomic E-state index is 10.5. The molecule has 0 fully saturated rings. The highest BCUT2D eigenvalue weighted by Crippen LogP contribution is 2.29. The van der Waals surface area contributed by atoms with Crippen molar-refractivity contribution in [1.82, 2.24) is 5.32 Å². The second-order valence-corrected chi connectivity index (χ2v) is 5.41. The summed E-state index contributed by atoms with van der Waals surface area (Å²) in [4.78, 5) is 10.5. The Balaban J connectivity index is 1.65. The molecule has 1 aliphatic rings. The van der Waals surface area contributed by atoms with E-state index in [1.165, 1.54) is 16.7 Å². The third kappa shape index (κ3) is 3.31. The molecule has 1 aliphatic carbocycles. The first-order chi connectivity index (χ1) is 10.4. The first kappa shape index (κ1) is 13.8. The highest BCUT2D eigenvalue weighted by Gasteiger charge is 2.20. The first-order valence-corrected chi connectivity index (χ1v) is 7.35. The standard InChI is InChI=1S/C18H19NO2/c20-13-21-18-8-4-7-15-11-16(9-10-17(15)18)19-12-14-5-2-1-3-6-14/h1-8,13,16,19H,9-12H2. The molecule has 0 heterocycles. The van der Waals surface area contributed by atoms with Crippen molar-refractivity contribution in [3.05, 3.63) is 65.2 Å². The molecule has 21 heavy (non-hydrogen) atoms. The number of hydrogen-bond acceptors (Lipinski definition) is 3. The van der Waals surface area contributed by atoms with E-state index in [4.69, 9.17) is 4.74 Å². The number of fused-ring (bicyclic) bond motifs is 1. The van der Waals surface area contributed by atoms with Gasteiger partial charge in [0.25, 0.3) is 6.47 Å². The summed E-state index contributed by atoms with van der Waals surface area (Å²) in [7, 11) is 0. The van der Waals surface area contributed by atoms with E-state index in [-0.39, 0.29) is 0 Å². The SMILES string of the molecule is O=COc1cccc2c1CCC(NCc1ccccc1)C2. The van der Waals surface area contributed by atoms with Crippen LogP contribution in [0.2, 0.25) is 0 Å². The molecule has 0 spiro atoms. The summed E-state index contributed by atoms with van der Waals surface area (Å²) < 4.78 is 5.07. The Morgan fingerprint density at radius 2 is 2.00 bits per heavy atom. The van der Waals surface area contributed by atoms with E-state index in [1.54, 1.807) is 0 Å². The summed E-state index contributed by atoms with van der Waals surface area (Å²) in [6.07, 6.45) is 3.00. The molecule has 1 unspecified atom stereocenters. The molecule has 3 nitrogen and oxygen atoms in total. The minimum Gasteiger partial charge on any atom is -0.428 e. The number of nitrogens with one attached hydrogen (secondary N) is 1. The Labute approximate surface area is 124 Å². The zero-order chi connectivity index (χ0) is 14.5. The van der Waals surface area contributed by atoms with Crippen molar-refractivity contribution in [1.29, 1.82) is 0 Å². The van der Waals surface area contributed by atoms with Crippen LogP contribution in [-0.4, -0.2) is 12.5 Å². The molecule has 3 rings (SSSR count). The molecule has 2 aromatic rings. The molecule has 0 aromatic heterocycles. The molecule has 0 bridgehead atoms. The van der Waals surface area contributed by atoms with E-state index >= 15 is 0 Å². The number of carbonyl (C=O) groups is 1. The second-order valence-electron chi connectivity index (χ2n) is 5.41. The number of rotatable bonds is 5. The van der Waals surface area contributed by atoms with Crippen molar-refractivity contribution in [2.24, 2.45) is 0 Å². The van der Waals surface area contributed by atoms with Gasteiger partial charge in [0.05, 0.1) is 0 Å². The van der Waals surface area contributed by atoms with E-state index in [9.17, 15) is 4.79 Å². The maximum absolute atomic E-state index is 10.5. The molecule has 0 amide bonds. The Morgan fingerprint density at radius 1 is 1.14 bits per heavy atom. The van der Waals surface area contributed by atoms with Gasteiger partial charge in [-0.1, -0.05) is 42.5 Å². The van der Waals surface area contributed by atoms with Crippen LogP contribution in [0, 0.1) is 0 Å². The normalized spacial score (nSPS) is 17.0. The van der Waals surface area contributed by atoms with Gasteiger partial charge in [-0.25, -0.2) is 0 Å². The van der Waals surface area contributed by atoms with E-state index in [2.05, 4.69) is 35.6 Å². The average Bonchev–Trinajstić information content (AvgIpc) is 2.54. The lowest BCUT2D eigenvalue weighted by Crippen LogP contribution is -2.34. The third-order valence-corrected chi connectivity index (χ3v) is 4.05. The van der Waals surface area contributed by atoms with Crippen molar-refractivity contribution < 1.29 is 9.53 Å². The molecule has 2 aromatic carbocycles. The molecule has 108 valence electrons. The number of ether oxygens (including phenoxy) is 1. The van der Waals surface area contributed by atoms with Gasteiger partial charge in [-0.3, -0.25) is 4.79 Å². The average molecular weight is 281 g/mol. The van der Waals surface area contributed by atoms with Crippen LogP contribution in [0.25, 0.3) is 0 Å². The highest BCUT2D eigenvalue weighted by atomic mass is 16.5. The summed E-state index contributed by atoms with van der Waals surface area (Å²) in [5, 5.41) is 3.62.